The molecule has 1 amide bonds. The Bertz CT molecular complexity index is 850. The molecule has 0 bridgehead atoms. The molecule has 0 N–H and O–H groups in total. The smallest absolute Gasteiger partial charge is 0.315 e. The number of amides is 1. The maximum atomic E-state index is 13.4. The van der Waals surface area contributed by atoms with Gasteiger partial charge in [-0.05, 0) is 61.9 Å². The van der Waals surface area contributed by atoms with Crippen molar-refractivity contribution in [2.45, 2.75) is 20.3 Å². The second-order valence-electron chi connectivity index (χ2n) is 5.83. The van der Waals surface area contributed by atoms with Gasteiger partial charge >= 0.3 is 5.97 Å². The number of esters is 1. The van der Waals surface area contributed by atoms with E-state index in [4.69, 9.17) is 4.74 Å². The molecule has 0 fully saturated rings. The fraction of sp³-hybridized carbons (Fsp3) is 0.250. The molecule has 0 aliphatic rings. The molecule has 142 valence electrons. The standard InChI is InChI=1S/C20H19F2NO4/c1-3-27-20(26)11-19(25)23(16-7-5-15(21)6-8-16)12-18(24)14-4-9-17(22)13(2)10-14/h4-10H,3,11-12H2,1-2H3. The van der Waals surface area contributed by atoms with E-state index in [0.717, 1.165) is 17.0 Å². The van der Waals surface area contributed by atoms with E-state index in [2.05, 4.69) is 0 Å². The first kappa shape index (κ1) is 20.2. The summed E-state index contributed by atoms with van der Waals surface area (Å²) < 4.78 is 31.4. The van der Waals surface area contributed by atoms with Gasteiger partial charge < -0.3 is 9.64 Å². The van der Waals surface area contributed by atoms with E-state index in [1.807, 2.05) is 0 Å². The number of hydrogen-bond acceptors (Lipinski definition) is 4. The van der Waals surface area contributed by atoms with Gasteiger partial charge in [0.05, 0.1) is 13.2 Å². The largest absolute Gasteiger partial charge is 0.466 e. The summed E-state index contributed by atoms with van der Waals surface area (Å²) in [5.74, 6) is -2.77. The van der Waals surface area contributed by atoms with Crippen molar-refractivity contribution >= 4 is 23.3 Å². The van der Waals surface area contributed by atoms with Gasteiger partial charge in [-0.3, -0.25) is 14.4 Å². The zero-order valence-electron chi connectivity index (χ0n) is 15.0. The zero-order valence-corrected chi connectivity index (χ0v) is 15.0. The van der Waals surface area contributed by atoms with Gasteiger partial charge in [0.15, 0.2) is 5.78 Å². The Labute approximate surface area is 155 Å². The summed E-state index contributed by atoms with van der Waals surface area (Å²) in [4.78, 5) is 37.8. The molecule has 0 radical (unpaired) electrons. The molecule has 5 nitrogen and oxygen atoms in total. The molecule has 0 saturated heterocycles. The van der Waals surface area contributed by atoms with Gasteiger partial charge in [0.2, 0.25) is 5.91 Å². The van der Waals surface area contributed by atoms with Crippen LogP contribution in [0, 0.1) is 18.6 Å². The minimum absolute atomic E-state index is 0.121. The van der Waals surface area contributed by atoms with Gasteiger partial charge in [0, 0.05) is 11.3 Å². The normalized spacial score (nSPS) is 10.4. The number of benzene rings is 2. The molecule has 0 saturated carbocycles. The minimum Gasteiger partial charge on any atom is -0.466 e. The summed E-state index contributed by atoms with van der Waals surface area (Å²) >= 11 is 0. The number of ketones is 1. The van der Waals surface area contributed by atoms with E-state index in [0.29, 0.717) is 5.56 Å². The third kappa shape index (κ3) is 5.44. The van der Waals surface area contributed by atoms with Crippen molar-refractivity contribution in [3.8, 4) is 0 Å². The predicted molar refractivity (Wildman–Crippen MR) is 95.5 cm³/mol. The van der Waals surface area contributed by atoms with E-state index in [-0.39, 0.29) is 24.4 Å². The Kier molecular flexibility index (Phi) is 6.76. The van der Waals surface area contributed by atoms with Crippen LogP contribution in [0.25, 0.3) is 0 Å². The van der Waals surface area contributed by atoms with Gasteiger partial charge in [-0.1, -0.05) is 0 Å². The summed E-state index contributed by atoms with van der Waals surface area (Å²) in [5, 5.41) is 0. The second-order valence-corrected chi connectivity index (χ2v) is 5.83. The van der Waals surface area contributed by atoms with Crippen molar-refractivity contribution in [2.24, 2.45) is 0 Å². The Morgan fingerprint density at radius 3 is 2.30 bits per heavy atom. The highest BCUT2D eigenvalue weighted by Gasteiger charge is 2.23. The lowest BCUT2D eigenvalue weighted by Gasteiger charge is -2.22. The van der Waals surface area contributed by atoms with Gasteiger partial charge in [0.25, 0.3) is 0 Å². The third-order valence-corrected chi connectivity index (χ3v) is 3.82. The molecule has 0 aliphatic carbocycles. The van der Waals surface area contributed by atoms with Crippen LogP contribution in [-0.4, -0.2) is 30.8 Å². The molecule has 2 aromatic rings. The predicted octanol–water partition coefficient (Wildman–Crippen LogP) is 3.44. The Morgan fingerprint density at radius 2 is 1.70 bits per heavy atom. The van der Waals surface area contributed by atoms with E-state index in [1.165, 1.54) is 37.3 Å². The Morgan fingerprint density at radius 1 is 1.04 bits per heavy atom. The number of anilines is 1. The third-order valence-electron chi connectivity index (χ3n) is 3.82. The molecule has 0 aliphatic heterocycles. The van der Waals surface area contributed by atoms with E-state index in [1.54, 1.807) is 6.92 Å². The molecule has 0 unspecified atom stereocenters. The van der Waals surface area contributed by atoms with E-state index < -0.39 is 35.7 Å². The summed E-state index contributed by atoms with van der Waals surface area (Å²) in [5.41, 5.74) is 0.787. The molecule has 0 heterocycles. The van der Waals surface area contributed by atoms with Crippen LogP contribution in [0.1, 0.15) is 29.3 Å². The second kappa shape index (κ2) is 9.02. The number of rotatable bonds is 7. The van der Waals surface area contributed by atoms with Crippen molar-refractivity contribution in [3.05, 3.63) is 65.2 Å². The van der Waals surface area contributed by atoms with Crippen molar-refractivity contribution in [2.75, 3.05) is 18.1 Å². The Balaban J connectivity index is 2.26. The quantitative estimate of drug-likeness (QED) is 0.422. The first-order chi connectivity index (χ1) is 12.8. The molecule has 2 rings (SSSR count). The maximum absolute atomic E-state index is 13.4. The van der Waals surface area contributed by atoms with E-state index in [9.17, 15) is 23.2 Å². The summed E-state index contributed by atoms with van der Waals surface area (Å²) in [6.07, 6.45) is -0.555. The van der Waals surface area contributed by atoms with Gasteiger partial charge in [0.1, 0.15) is 18.1 Å². The average Bonchev–Trinajstić information content (AvgIpc) is 2.62. The fourth-order valence-corrected chi connectivity index (χ4v) is 2.43. The lowest BCUT2D eigenvalue weighted by atomic mass is 10.1. The van der Waals surface area contributed by atoms with Crippen LogP contribution >= 0.6 is 0 Å². The van der Waals surface area contributed by atoms with Crippen LogP contribution in [0.4, 0.5) is 14.5 Å². The topological polar surface area (TPSA) is 63.7 Å². The maximum Gasteiger partial charge on any atom is 0.315 e. The minimum atomic E-state index is -0.723. The van der Waals surface area contributed by atoms with Crippen molar-refractivity contribution < 1.29 is 27.9 Å². The number of carbonyl (C=O) groups excluding carboxylic acids is 3. The highest BCUT2D eigenvalue weighted by atomic mass is 19.1. The van der Waals surface area contributed by atoms with Gasteiger partial charge in [-0.2, -0.15) is 0 Å². The van der Waals surface area contributed by atoms with Crippen LogP contribution in [0.2, 0.25) is 0 Å². The lowest BCUT2D eigenvalue weighted by molar-refractivity contribution is -0.145. The number of aryl methyl sites for hydroxylation is 1. The zero-order chi connectivity index (χ0) is 20.0. The number of halogens is 2. The molecule has 0 atom stereocenters. The fourth-order valence-electron chi connectivity index (χ4n) is 2.43. The summed E-state index contributed by atoms with van der Waals surface area (Å²) in [7, 11) is 0. The summed E-state index contributed by atoms with van der Waals surface area (Å²) in [6, 6.07) is 8.84. The van der Waals surface area contributed by atoms with Crippen molar-refractivity contribution in [1.29, 1.82) is 0 Å². The average molecular weight is 375 g/mol. The van der Waals surface area contributed by atoms with Gasteiger partial charge in [-0.25, -0.2) is 8.78 Å². The summed E-state index contributed by atoms with van der Waals surface area (Å²) in [6.45, 7) is 2.88. The first-order valence-corrected chi connectivity index (χ1v) is 8.32. The molecule has 0 aromatic heterocycles. The highest BCUT2D eigenvalue weighted by molar-refractivity contribution is 6.09. The highest BCUT2D eigenvalue weighted by Crippen LogP contribution is 2.18. The molecule has 7 heteroatoms. The molecular formula is C20H19F2NO4. The van der Waals surface area contributed by atoms with Crippen LogP contribution in [0.15, 0.2) is 42.5 Å². The van der Waals surface area contributed by atoms with Gasteiger partial charge in [-0.15, -0.1) is 0 Å². The first-order valence-electron chi connectivity index (χ1n) is 8.32. The molecule has 0 spiro atoms. The number of hydrogen-bond donors (Lipinski definition) is 0. The number of ether oxygens (including phenoxy) is 1. The molecule has 27 heavy (non-hydrogen) atoms. The van der Waals surface area contributed by atoms with Crippen molar-refractivity contribution in [1.82, 2.24) is 0 Å². The number of carbonyl (C=O) groups is 3. The number of nitrogens with zero attached hydrogens (tertiary/aromatic N) is 1. The van der Waals surface area contributed by atoms with Crippen LogP contribution in [-0.2, 0) is 14.3 Å². The van der Waals surface area contributed by atoms with Crippen LogP contribution in [0.5, 0.6) is 0 Å². The molecule has 2 aromatic carbocycles. The van der Waals surface area contributed by atoms with Crippen LogP contribution in [0.3, 0.4) is 0 Å². The monoisotopic (exact) mass is 375 g/mol. The van der Waals surface area contributed by atoms with Crippen LogP contribution < -0.4 is 4.90 Å². The number of Topliss-reactive ketones (excluding diaryl/α,β-unsaturated/α-hetero) is 1. The van der Waals surface area contributed by atoms with Crippen molar-refractivity contribution in [3.63, 3.8) is 0 Å². The SMILES string of the molecule is CCOC(=O)CC(=O)N(CC(=O)c1ccc(F)c(C)c1)c1ccc(F)cc1. The Hall–Kier alpha value is -3.09. The molecular weight excluding hydrogens is 356 g/mol. The lowest BCUT2D eigenvalue weighted by Crippen LogP contribution is -2.37. The van der Waals surface area contributed by atoms with E-state index >= 15 is 0 Å².